The van der Waals surface area contributed by atoms with Gasteiger partial charge in [0.05, 0.1) is 26.6 Å². The number of rotatable bonds is 2. The maximum atomic E-state index is 4.83. The van der Waals surface area contributed by atoms with E-state index in [2.05, 4.69) is 5.10 Å². The highest BCUT2D eigenvalue weighted by molar-refractivity contribution is 4.80. The van der Waals surface area contributed by atoms with Crippen molar-refractivity contribution in [1.29, 1.82) is 0 Å². The number of hydrogen-bond acceptors (Lipinski definition) is 3. The summed E-state index contributed by atoms with van der Waals surface area (Å²) in [5.41, 5.74) is 0. The predicted octanol–water partition coefficient (Wildman–Crippen LogP) is 0.0123. The molecule has 0 aliphatic heterocycles. The first-order valence-corrected chi connectivity index (χ1v) is 2.62. The van der Waals surface area contributed by atoms with Crippen molar-refractivity contribution < 1.29 is 4.84 Å². The molecule has 0 saturated carbocycles. The lowest BCUT2D eigenvalue weighted by Crippen LogP contribution is -2.28. The molecular weight excluding hydrogens is 118 g/mol. The molecule has 9 heavy (non-hydrogen) atoms. The standard InChI is InChI=1S/C5H9N3O/c1-7(9-2)8-5-3-4-6-8/h3-5H,1-2H3. The number of aromatic nitrogens is 2. The van der Waals surface area contributed by atoms with Gasteiger partial charge in [0.1, 0.15) is 0 Å². The molecule has 0 amide bonds. The molecule has 1 aromatic rings. The summed E-state index contributed by atoms with van der Waals surface area (Å²) in [4.78, 5) is 6.41. The Balaban J connectivity index is 2.65. The van der Waals surface area contributed by atoms with Crippen molar-refractivity contribution in [1.82, 2.24) is 9.89 Å². The molecule has 0 aliphatic rings. The van der Waals surface area contributed by atoms with Crippen LogP contribution in [0.15, 0.2) is 18.5 Å². The normalized spacial score (nSPS) is 9.56. The molecule has 4 nitrogen and oxygen atoms in total. The Bertz CT molecular complexity index is 161. The Kier molecular flexibility index (Phi) is 1.69. The average molecular weight is 127 g/mol. The zero-order valence-electron chi connectivity index (χ0n) is 5.48. The van der Waals surface area contributed by atoms with Gasteiger partial charge in [-0.15, -0.1) is 0 Å². The van der Waals surface area contributed by atoms with Gasteiger partial charge >= 0.3 is 0 Å². The number of hydrogen-bond donors (Lipinski definition) is 0. The van der Waals surface area contributed by atoms with Crippen LogP contribution in [0, 0.1) is 0 Å². The number of hydroxylamine groups is 1. The van der Waals surface area contributed by atoms with Crippen LogP contribution in [0.2, 0.25) is 0 Å². The Morgan fingerprint density at radius 2 is 2.44 bits per heavy atom. The van der Waals surface area contributed by atoms with E-state index in [0.717, 1.165) is 0 Å². The zero-order chi connectivity index (χ0) is 6.69. The Hall–Kier alpha value is -1.03. The molecule has 0 spiro atoms. The van der Waals surface area contributed by atoms with Crippen molar-refractivity contribution >= 4 is 0 Å². The molecule has 1 rings (SSSR count). The molecule has 0 unspecified atom stereocenters. The largest absolute Gasteiger partial charge is 0.260 e. The van der Waals surface area contributed by atoms with E-state index < -0.39 is 0 Å². The molecule has 0 aliphatic carbocycles. The fraction of sp³-hybridized carbons (Fsp3) is 0.400. The molecule has 0 fully saturated rings. The molecule has 0 bridgehead atoms. The van der Waals surface area contributed by atoms with Crippen molar-refractivity contribution in [2.24, 2.45) is 0 Å². The third kappa shape index (κ3) is 1.20. The van der Waals surface area contributed by atoms with Crippen molar-refractivity contribution in [3.05, 3.63) is 18.5 Å². The van der Waals surface area contributed by atoms with E-state index in [-0.39, 0.29) is 0 Å². The first kappa shape index (κ1) is 6.10. The third-order valence-corrected chi connectivity index (χ3v) is 1.04. The van der Waals surface area contributed by atoms with Crippen molar-refractivity contribution in [3.63, 3.8) is 0 Å². The smallest absolute Gasteiger partial charge is 0.0657 e. The minimum Gasteiger partial charge on any atom is -0.260 e. The van der Waals surface area contributed by atoms with Crippen LogP contribution in [0.3, 0.4) is 0 Å². The van der Waals surface area contributed by atoms with Gasteiger partial charge in [-0.2, -0.15) is 15.1 Å². The predicted molar refractivity (Wildman–Crippen MR) is 33.4 cm³/mol. The van der Waals surface area contributed by atoms with Gasteiger partial charge in [0.15, 0.2) is 0 Å². The van der Waals surface area contributed by atoms with Crippen LogP contribution in [0.4, 0.5) is 0 Å². The van der Waals surface area contributed by atoms with E-state index in [1.165, 1.54) is 5.17 Å². The fourth-order valence-electron chi connectivity index (χ4n) is 0.511. The molecule has 0 N–H and O–H groups in total. The van der Waals surface area contributed by atoms with Gasteiger partial charge in [-0.1, -0.05) is 0 Å². The van der Waals surface area contributed by atoms with Crippen LogP contribution < -0.4 is 5.17 Å². The van der Waals surface area contributed by atoms with Crippen molar-refractivity contribution in [2.75, 3.05) is 19.3 Å². The van der Waals surface area contributed by atoms with Gasteiger partial charge < -0.3 is 0 Å². The molecule has 0 aromatic carbocycles. The lowest BCUT2D eigenvalue weighted by atomic mass is 10.8. The van der Waals surface area contributed by atoms with Crippen LogP contribution in [0.25, 0.3) is 0 Å². The maximum Gasteiger partial charge on any atom is 0.0657 e. The van der Waals surface area contributed by atoms with Crippen LogP contribution in [0.1, 0.15) is 0 Å². The first-order valence-electron chi connectivity index (χ1n) is 2.62. The van der Waals surface area contributed by atoms with Gasteiger partial charge in [0, 0.05) is 0 Å². The summed E-state index contributed by atoms with van der Waals surface area (Å²) in [5.74, 6) is 0. The van der Waals surface area contributed by atoms with Gasteiger partial charge in [-0.05, 0) is 6.07 Å². The summed E-state index contributed by atoms with van der Waals surface area (Å²) in [6.07, 6.45) is 3.49. The highest BCUT2D eigenvalue weighted by Gasteiger charge is 1.91. The molecule has 0 saturated heterocycles. The second-order valence-electron chi connectivity index (χ2n) is 1.57. The molecule has 0 atom stereocenters. The Morgan fingerprint density at radius 3 is 2.89 bits per heavy atom. The minimum absolute atomic E-state index is 1.51. The quantitative estimate of drug-likeness (QED) is 0.524. The summed E-state index contributed by atoms with van der Waals surface area (Å²) >= 11 is 0. The Morgan fingerprint density at radius 1 is 1.67 bits per heavy atom. The van der Waals surface area contributed by atoms with Crippen LogP contribution in [-0.2, 0) is 4.84 Å². The summed E-state index contributed by atoms with van der Waals surface area (Å²) in [6, 6.07) is 1.83. The molecular formula is C5H9N3O. The highest BCUT2D eigenvalue weighted by Crippen LogP contribution is 1.83. The third-order valence-electron chi connectivity index (χ3n) is 1.04. The van der Waals surface area contributed by atoms with E-state index in [0.29, 0.717) is 0 Å². The molecule has 50 valence electrons. The second-order valence-corrected chi connectivity index (χ2v) is 1.57. The van der Waals surface area contributed by atoms with Crippen molar-refractivity contribution in [2.45, 2.75) is 0 Å². The molecule has 0 radical (unpaired) electrons. The van der Waals surface area contributed by atoms with Gasteiger partial charge in [-0.25, -0.2) is 0 Å². The average Bonchev–Trinajstić information content (AvgIpc) is 2.37. The van der Waals surface area contributed by atoms with Crippen LogP contribution >= 0.6 is 0 Å². The fourth-order valence-corrected chi connectivity index (χ4v) is 0.511. The SMILES string of the molecule is CON(C)n1cccn1. The van der Waals surface area contributed by atoms with E-state index in [1.54, 1.807) is 31.3 Å². The van der Waals surface area contributed by atoms with Gasteiger partial charge in [-0.3, -0.25) is 4.84 Å². The molecule has 4 heteroatoms. The van der Waals surface area contributed by atoms with E-state index in [4.69, 9.17) is 4.84 Å². The molecule has 1 heterocycles. The minimum atomic E-state index is 1.51. The van der Waals surface area contributed by atoms with Crippen LogP contribution in [-0.4, -0.2) is 24.0 Å². The van der Waals surface area contributed by atoms with Gasteiger partial charge in [0.2, 0.25) is 0 Å². The maximum absolute atomic E-state index is 4.83. The monoisotopic (exact) mass is 127 g/mol. The summed E-state index contributed by atoms with van der Waals surface area (Å²) in [6.45, 7) is 0. The lowest BCUT2D eigenvalue weighted by Gasteiger charge is -2.13. The second kappa shape index (κ2) is 2.50. The van der Waals surface area contributed by atoms with E-state index >= 15 is 0 Å². The topological polar surface area (TPSA) is 30.3 Å². The summed E-state index contributed by atoms with van der Waals surface area (Å²) in [7, 11) is 3.36. The Labute approximate surface area is 53.6 Å². The number of nitrogens with zero attached hydrogens (tertiary/aromatic N) is 3. The zero-order valence-corrected chi connectivity index (χ0v) is 5.48. The van der Waals surface area contributed by atoms with Crippen LogP contribution in [0.5, 0.6) is 0 Å². The summed E-state index contributed by atoms with van der Waals surface area (Å²) < 4.78 is 0. The van der Waals surface area contributed by atoms with E-state index in [1.807, 2.05) is 6.07 Å². The summed E-state index contributed by atoms with van der Waals surface area (Å²) in [5, 5.41) is 5.42. The highest BCUT2D eigenvalue weighted by atomic mass is 16.7. The molecule has 1 aromatic heterocycles. The van der Waals surface area contributed by atoms with E-state index in [9.17, 15) is 0 Å². The lowest BCUT2D eigenvalue weighted by molar-refractivity contribution is 0.111. The first-order chi connectivity index (χ1) is 4.34. The van der Waals surface area contributed by atoms with Crippen molar-refractivity contribution in [3.8, 4) is 0 Å². The van der Waals surface area contributed by atoms with Gasteiger partial charge in [0.25, 0.3) is 0 Å².